The normalized spacial score (nSPS) is 27.8. The number of piperazine rings is 1. The Morgan fingerprint density at radius 1 is 1.05 bits per heavy atom. The van der Waals surface area contributed by atoms with Crippen molar-refractivity contribution in [3.05, 3.63) is 35.2 Å². The van der Waals surface area contributed by atoms with Crippen LogP contribution in [0, 0.1) is 17.8 Å². The van der Waals surface area contributed by atoms with Crippen LogP contribution in [0.4, 0.5) is 5.13 Å². The number of carbonyl (C=O) groups is 3. The van der Waals surface area contributed by atoms with Gasteiger partial charge in [-0.25, -0.2) is 4.98 Å². The van der Waals surface area contributed by atoms with Gasteiger partial charge in [0.1, 0.15) is 18.7 Å². The van der Waals surface area contributed by atoms with Crippen LogP contribution in [0.15, 0.2) is 29.6 Å². The molecule has 3 aliphatic heterocycles. The number of rotatable bonds is 7. The molecule has 3 saturated heterocycles. The molecule has 0 spiro atoms. The fraction of sp³-hybridized carbons (Fsp3) is 0.613. The molecule has 1 aromatic carbocycles. The lowest BCUT2D eigenvalue weighted by Crippen LogP contribution is -2.54. The van der Waals surface area contributed by atoms with E-state index in [0.29, 0.717) is 18.0 Å². The molecule has 9 nitrogen and oxygen atoms in total. The molecule has 0 unspecified atom stereocenters. The standard InChI is InChI=1S/C31H39N5O4S/c1-34-12-14-35(15-13-34)31-32-24(18-41-31)20-8-10-22(11-9-20)29(38)33-26(21-4-2-3-5-21)30(39)36-16-23(19-6-7-19)28-27(36)25(37)17-40-28/h8-11,18-19,21,23,26-28H,2-7,12-17H2,1H3,(H,33,38)/t23-,26+,27-,28-/m1/s1. The fourth-order valence-corrected chi connectivity index (χ4v) is 8.16. The summed E-state index contributed by atoms with van der Waals surface area (Å²) in [4.78, 5) is 51.6. The largest absolute Gasteiger partial charge is 0.367 e. The molecule has 2 saturated carbocycles. The van der Waals surface area contributed by atoms with E-state index in [4.69, 9.17) is 9.72 Å². The van der Waals surface area contributed by atoms with Gasteiger partial charge in [0.25, 0.3) is 5.91 Å². The molecular weight excluding hydrogens is 538 g/mol. The quantitative estimate of drug-likeness (QED) is 0.541. The van der Waals surface area contributed by atoms with Gasteiger partial charge in [-0.15, -0.1) is 11.3 Å². The maximum Gasteiger partial charge on any atom is 0.251 e. The maximum absolute atomic E-state index is 14.1. The van der Waals surface area contributed by atoms with E-state index in [-0.39, 0.29) is 42.1 Å². The molecule has 2 aliphatic carbocycles. The first-order valence-electron chi connectivity index (χ1n) is 15.2. The van der Waals surface area contributed by atoms with E-state index in [1.807, 2.05) is 24.3 Å². The Morgan fingerprint density at radius 3 is 2.49 bits per heavy atom. The van der Waals surface area contributed by atoms with Gasteiger partial charge in [0, 0.05) is 55.1 Å². The molecular formula is C31H39N5O4S. The number of likely N-dealkylation sites (N-methyl/N-ethyl adjacent to an activating group) is 1. The molecule has 2 amide bonds. The van der Waals surface area contributed by atoms with Gasteiger partial charge in [0.05, 0.1) is 11.8 Å². The third-order valence-corrected chi connectivity index (χ3v) is 10.8. The number of thiazole rings is 1. The second-order valence-electron chi connectivity index (χ2n) is 12.6. The number of carbonyl (C=O) groups excluding carboxylic acids is 3. The van der Waals surface area contributed by atoms with Gasteiger partial charge in [-0.05, 0) is 56.7 Å². The van der Waals surface area contributed by atoms with E-state index in [0.717, 1.165) is 81.1 Å². The van der Waals surface area contributed by atoms with Crippen molar-refractivity contribution in [3.8, 4) is 11.3 Å². The number of ether oxygens (including phenoxy) is 1. The Hall–Kier alpha value is -2.82. The number of nitrogens with zero attached hydrogens (tertiary/aromatic N) is 4. The number of anilines is 1. The summed E-state index contributed by atoms with van der Waals surface area (Å²) in [6.45, 7) is 4.67. The molecule has 4 heterocycles. The van der Waals surface area contributed by atoms with E-state index in [1.165, 1.54) is 0 Å². The van der Waals surface area contributed by atoms with Gasteiger partial charge in [-0.1, -0.05) is 25.0 Å². The summed E-state index contributed by atoms with van der Waals surface area (Å²) in [7, 11) is 2.14. The van der Waals surface area contributed by atoms with Crippen LogP contribution in [0.5, 0.6) is 0 Å². The van der Waals surface area contributed by atoms with Gasteiger partial charge in [0.2, 0.25) is 5.91 Å². The van der Waals surface area contributed by atoms with Crippen molar-refractivity contribution < 1.29 is 19.1 Å². The minimum absolute atomic E-state index is 0.00333. The van der Waals surface area contributed by atoms with Gasteiger partial charge in [0.15, 0.2) is 10.9 Å². The van der Waals surface area contributed by atoms with Crippen molar-refractivity contribution in [1.82, 2.24) is 20.1 Å². The lowest BCUT2D eigenvalue weighted by Gasteiger charge is -2.32. The Kier molecular flexibility index (Phi) is 7.33. The van der Waals surface area contributed by atoms with Crippen LogP contribution in [0.3, 0.4) is 0 Å². The number of amides is 2. The minimum Gasteiger partial charge on any atom is -0.367 e. The average molecular weight is 578 g/mol. The molecule has 1 N–H and O–H groups in total. The van der Waals surface area contributed by atoms with E-state index in [2.05, 4.69) is 27.5 Å². The molecule has 218 valence electrons. The second kappa shape index (κ2) is 11.1. The molecule has 41 heavy (non-hydrogen) atoms. The summed E-state index contributed by atoms with van der Waals surface area (Å²) in [6.07, 6.45) is 6.03. The molecule has 2 aromatic rings. The third-order valence-electron chi connectivity index (χ3n) is 9.87. The zero-order valence-electron chi connectivity index (χ0n) is 23.7. The van der Waals surface area contributed by atoms with Crippen molar-refractivity contribution in [1.29, 1.82) is 0 Å². The Morgan fingerprint density at radius 2 is 1.78 bits per heavy atom. The predicted octanol–water partition coefficient (Wildman–Crippen LogP) is 3.06. The molecule has 5 fully saturated rings. The maximum atomic E-state index is 14.1. The number of hydrogen-bond donors (Lipinski definition) is 1. The monoisotopic (exact) mass is 577 g/mol. The number of nitrogens with one attached hydrogen (secondary N) is 1. The molecule has 1 aromatic heterocycles. The molecule has 0 radical (unpaired) electrons. The number of benzene rings is 1. The molecule has 7 rings (SSSR count). The lowest BCUT2D eigenvalue weighted by molar-refractivity contribution is -0.139. The number of Topliss-reactive ketones (excluding diaryl/α,β-unsaturated/α-hetero) is 1. The average Bonchev–Trinajstić information content (AvgIpc) is 3.39. The topological polar surface area (TPSA) is 95.1 Å². The number of likely N-dealkylation sites (tertiary alicyclic amines) is 1. The zero-order chi connectivity index (χ0) is 28.1. The van der Waals surface area contributed by atoms with Crippen LogP contribution in [-0.2, 0) is 14.3 Å². The number of hydrogen-bond acceptors (Lipinski definition) is 8. The van der Waals surface area contributed by atoms with E-state index < -0.39 is 12.1 Å². The Balaban J connectivity index is 1.05. The lowest BCUT2D eigenvalue weighted by atomic mass is 9.95. The highest BCUT2D eigenvalue weighted by atomic mass is 32.1. The minimum atomic E-state index is -0.624. The van der Waals surface area contributed by atoms with Crippen molar-refractivity contribution in [2.45, 2.75) is 56.7 Å². The summed E-state index contributed by atoms with van der Waals surface area (Å²) < 4.78 is 5.89. The van der Waals surface area contributed by atoms with Crippen molar-refractivity contribution >= 4 is 34.1 Å². The summed E-state index contributed by atoms with van der Waals surface area (Å²) in [6, 6.07) is 6.38. The van der Waals surface area contributed by atoms with Crippen molar-refractivity contribution in [2.75, 3.05) is 51.3 Å². The van der Waals surface area contributed by atoms with Crippen LogP contribution < -0.4 is 10.2 Å². The second-order valence-corrected chi connectivity index (χ2v) is 13.4. The predicted molar refractivity (Wildman–Crippen MR) is 157 cm³/mol. The summed E-state index contributed by atoms with van der Waals surface area (Å²) in [5, 5.41) is 6.22. The zero-order valence-corrected chi connectivity index (χ0v) is 24.5. The highest BCUT2D eigenvalue weighted by Gasteiger charge is 2.57. The summed E-state index contributed by atoms with van der Waals surface area (Å²) >= 11 is 1.65. The van der Waals surface area contributed by atoms with E-state index >= 15 is 0 Å². The van der Waals surface area contributed by atoms with Gasteiger partial charge < -0.3 is 24.8 Å². The molecule has 5 aliphatic rings. The molecule has 10 heteroatoms. The third kappa shape index (κ3) is 5.30. The van der Waals surface area contributed by atoms with Crippen LogP contribution in [-0.4, -0.2) is 96.9 Å². The summed E-state index contributed by atoms with van der Waals surface area (Å²) in [5.41, 5.74) is 2.40. The van der Waals surface area contributed by atoms with Gasteiger partial charge >= 0.3 is 0 Å². The number of fused-ring (bicyclic) bond motifs is 1. The number of ketones is 1. The van der Waals surface area contributed by atoms with Crippen molar-refractivity contribution in [2.24, 2.45) is 17.8 Å². The highest BCUT2D eigenvalue weighted by molar-refractivity contribution is 7.14. The Bertz CT molecular complexity index is 1300. The smallest absolute Gasteiger partial charge is 0.251 e. The van der Waals surface area contributed by atoms with Crippen LogP contribution in [0.1, 0.15) is 48.9 Å². The van der Waals surface area contributed by atoms with Gasteiger partial charge in [-0.3, -0.25) is 14.4 Å². The van der Waals surface area contributed by atoms with Crippen molar-refractivity contribution in [3.63, 3.8) is 0 Å². The SMILES string of the molecule is CN1CCN(c2nc(-c3ccc(C(=O)N[C@H](C(=O)N4C[C@H](C5CC5)[C@H]5OCC(=O)[C@H]54)C4CCCC4)cc3)cs2)CC1. The van der Waals surface area contributed by atoms with Gasteiger partial charge in [-0.2, -0.15) is 0 Å². The van der Waals surface area contributed by atoms with Crippen LogP contribution in [0.25, 0.3) is 11.3 Å². The fourth-order valence-electron chi connectivity index (χ4n) is 7.27. The Labute approximate surface area is 245 Å². The van der Waals surface area contributed by atoms with Crippen LogP contribution in [0.2, 0.25) is 0 Å². The molecule has 4 atom stereocenters. The first kappa shape index (κ1) is 27.0. The van der Waals surface area contributed by atoms with Crippen LogP contribution >= 0.6 is 11.3 Å². The molecule has 0 bridgehead atoms. The summed E-state index contributed by atoms with van der Waals surface area (Å²) in [5.74, 6) is 0.491. The van der Waals surface area contributed by atoms with E-state index in [9.17, 15) is 14.4 Å². The first-order chi connectivity index (χ1) is 20.0. The number of aromatic nitrogens is 1. The first-order valence-corrected chi connectivity index (χ1v) is 16.1. The highest BCUT2D eigenvalue weighted by Crippen LogP contribution is 2.46. The van der Waals surface area contributed by atoms with E-state index in [1.54, 1.807) is 16.2 Å².